The Morgan fingerprint density at radius 1 is 1.35 bits per heavy atom. The van der Waals surface area contributed by atoms with E-state index in [1.54, 1.807) is 0 Å². The molecule has 1 atom stereocenters. The van der Waals surface area contributed by atoms with Gasteiger partial charge in [0.15, 0.2) is 17.4 Å². The average molecular weight is 287 g/mol. The fourth-order valence-corrected chi connectivity index (χ4v) is 1.31. The number of amides is 1. The Labute approximate surface area is 111 Å². The van der Waals surface area contributed by atoms with Crippen LogP contribution in [-0.2, 0) is 4.79 Å². The lowest BCUT2D eigenvalue weighted by Gasteiger charge is -2.12. The molecule has 20 heavy (non-hydrogen) atoms. The first kappa shape index (κ1) is 15.4. The molecule has 0 aliphatic rings. The van der Waals surface area contributed by atoms with Crippen LogP contribution in [0.3, 0.4) is 0 Å². The molecule has 0 saturated carbocycles. The van der Waals surface area contributed by atoms with Gasteiger partial charge in [0, 0.05) is 6.42 Å². The molecule has 1 amide bonds. The maximum Gasteiger partial charge on any atom is 0.327 e. The number of aliphatic carboxylic acids is 1. The monoisotopic (exact) mass is 287 g/mol. The maximum absolute atomic E-state index is 13.4. The molecule has 0 fully saturated rings. The summed E-state index contributed by atoms with van der Waals surface area (Å²) in [5.41, 5.74) is -1.04. The van der Waals surface area contributed by atoms with Crippen LogP contribution in [0.15, 0.2) is 6.07 Å². The number of carboxylic acid groups (broad SMARTS) is 1. The van der Waals surface area contributed by atoms with Crippen molar-refractivity contribution in [1.82, 2.24) is 5.32 Å². The summed E-state index contributed by atoms with van der Waals surface area (Å²) in [7, 11) is 0. The lowest BCUT2D eigenvalue weighted by molar-refractivity contribution is -0.139. The van der Waals surface area contributed by atoms with Crippen molar-refractivity contribution in [3.05, 3.63) is 29.1 Å². The van der Waals surface area contributed by atoms with Crippen molar-refractivity contribution in [2.75, 3.05) is 0 Å². The standard InChI is InChI=1S/C12H8F3NO4/c1-2-3-7(12(19)20)16-11(18)5-4-6(13)9(15)10(17)8(5)14/h1,4,7,17H,3H2,(H,16,18)(H,19,20). The molecule has 0 spiro atoms. The van der Waals surface area contributed by atoms with Crippen molar-refractivity contribution in [3.8, 4) is 18.1 Å². The third kappa shape index (κ3) is 3.00. The van der Waals surface area contributed by atoms with Crippen LogP contribution >= 0.6 is 0 Å². The van der Waals surface area contributed by atoms with Crippen molar-refractivity contribution in [2.45, 2.75) is 12.5 Å². The number of terminal acetylenes is 1. The molecular weight excluding hydrogens is 279 g/mol. The molecule has 1 aromatic carbocycles. The molecule has 1 aromatic rings. The first-order chi connectivity index (χ1) is 9.29. The smallest absolute Gasteiger partial charge is 0.327 e. The second-order valence-electron chi connectivity index (χ2n) is 3.66. The van der Waals surface area contributed by atoms with Crippen molar-refractivity contribution in [1.29, 1.82) is 0 Å². The van der Waals surface area contributed by atoms with Gasteiger partial charge in [-0.3, -0.25) is 4.79 Å². The number of rotatable bonds is 4. The van der Waals surface area contributed by atoms with Gasteiger partial charge in [-0.2, -0.15) is 4.39 Å². The number of nitrogens with one attached hydrogen (secondary N) is 1. The molecule has 0 aliphatic carbocycles. The predicted octanol–water partition coefficient (Wildman–Crippen LogP) is 1.02. The predicted molar refractivity (Wildman–Crippen MR) is 60.3 cm³/mol. The van der Waals surface area contributed by atoms with E-state index in [1.165, 1.54) is 0 Å². The van der Waals surface area contributed by atoms with Gasteiger partial charge in [0.25, 0.3) is 5.91 Å². The van der Waals surface area contributed by atoms with Gasteiger partial charge in [0.2, 0.25) is 5.82 Å². The number of benzene rings is 1. The summed E-state index contributed by atoms with van der Waals surface area (Å²) in [6.07, 6.45) is 4.50. The van der Waals surface area contributed by atoms with Gasteiger partial charge in [-0.15, -0.1) is 12.3 Å². The van der Waals surface area contributed by atoms with Gasteiger partial charge < -0.3 is 15.5 Å². The first-order valence-electron chi connectivity index (χ1n) is 5.13. The van der Waals surface area contributed by atoms with Crippen molar-refractivity contribution in [2.24, 2.45) is 0 Å². The number of hydrogen-bond donors (Lipinski definition) is 3. The van der Waals surface area contributed by atoms with E-state index in [0.717, 1.165) is 0 Å². The molecule has 8 heteroatoms. The van der Waals surface area contributed by atoms with Crippen LogP contribution in [0.5, 0.6) is 5.75 Å². The van der Waals surface area contributed by atoms with Gasteiger partial charge in [0.05, 0.1) is 5.56 Å². The highest BCUT2D eigenvalue weighted by Crippen LogP contribution is 2.25. The van der Waals surface area contributed by atoms with Crippen molar-refractivity contribution < 1.29 is 33.0 Å². The Morgan fingerprint density at radius 3 is 2.45 bits per heavy atom. The molecule has 0 saturated heterocycles. The molecular formula is C12H8F3NO4. The van der Waals surface area contributed by atoms with E-state index in [0.29, 0.717) is 0 Å². The number of aromatic hydroxyl groups is 1. The van der Waals surface area contributed by atoms with Gasteiger partial charge in [-0.05, 0) is 6.07 Å². The van der Waals surface area contributed by atoms with Crippen LogP contribution in [0.1, 0.15) is 16.8 Å². The third-order valence-corrected chi connectivity index (χ3v) is 2.30. The summed E-state index contributed by atoms with van der Waals surface area (Å²) in [4.78, 5) is 22.3. The molecule has 1 rings (SSSR count). The molecule has 0 heterocycles. The van der Waals surface area contributed by atoms with Crippen LogP contribution in [0.4, 0.5) is 13.2 Å². The third-order valence-electron chi connectivity index (χ3n) is 2.30. The van der Waals surface area contributed by atoms with E-state index < -0.39 is 53.1 Å². The Bertz CT molecular complexity index is 610. The van der Waals surface area contributed by atoms with Crippen molar-refractivity contribution in [3.63, 3.8) is 0 Å². The van der Waals surface area contributed by atoms with Crippen LogP contribution < -0.4 is 5.32 Å². The molecule has 5 nitrogen and oxygen atoms in total. The number of carboxylic acids is 1. The van der Waals surface area contributed by atoms with Gasteiger partial charge in [-0.1, -0.05) is 0 Å². The second kappa shape index (κ2) is 5.97. The highest BCUT2D eigenvalue weighted by atomic mass is 19.2. The minimum absolute atomic E-state index is 0.203. The number of hydrogen-bond acceptors (Lipinski definition) is 3. The Balaban J connectivity index is 3.10. The van der Waals surface area contributed by atoms with Gasteiger partial charge in [-0.25, -0.2) is 13.6 Å². The molecule has 0 bridgehead atoms. The number of phenols is 1. The van der Waals surface area contributed by atoms with Crippen LogP contribution in [0.25, 0.3) is 0 Å². The fourth-order valence-electron chi connectivity index (χ4n) is 1.31. The topological polar surface area (TPSA) is 86.6 Å². The van der Waals surface area contributed by atoms with Crippen LogP contribution in [0, 0.1) is 29.8 Å². The zero-order valence-corrected chi connectivity index (χ0v) is 9.78. The number of carbonyl (C=O) groups excluding carboxylic acids is 1. The van der Waals surface area contributed by atoms with E-state index in [9.17, 15) is 22.8 Å². The Kier molecular flexibility index (Phi) is 4.59. The molecule has 0 aliphatic heterocycles. The molecule has 1 unspecified atom stereocenters. The number of halogens is 3. The van der Waals surface area contributed by atoms with Gasteiger partial charge >= 0.3 is 5.97 Å². The lowest BCUT2D eigenvalue weighted by atomic mass is 10.1. The summed E-state index contributed by atoms with van der Waals surface area (Å²) in [5.74, 6) is -7.73. The normalized spacial score (nSPS) is 11.5. The van der Waals surface area contributed by atoms with Gasteiger partial charge in [0.1, 0.15) is 6.04 Å². The van der Waals surface area contributed by atoms with Crippen LogP contribution in [-0.4, -0.2) is 28.1 Å². The highest BCUT2D eigenvalue weighted by molar-refractivity contribution is 5.97. The molecule has 106 valence electrons. The Hall–Kier alpha value is -2.69. The largest absolute Gasteiger partial charge is 0.503 e. The minimum atomic E-state index is -1.85. The Morgan fingerprint density at radius 2 is 1.95 bits per heavy atom. The minimum Gasteiger partial charge on any atom is -0.503 e. The number of carbonyl (C=O) groups is 2. The van der Waals surface area contributed by atoms with E-state index in [4.69, 9.17) is 16.6 Å². The molecule has 0 radical (unpaired) electrons. The van der Waals surface area contributed by atoms with E-state index in [2.05, 4.69) is 0 Å². The summed E-state index contributed by atoms with van der Waals surface area (Å²) >= 11 is 0. The highest BCUT2D eigenvalue weighted by Gasteiger charge is 2.25. The summed E-state index contributed by atoms with van der Waals surface area (Å²) in [6.45, 7) is 0. The zero-order chi connectivity index (χ0) is 15.4. The van der Waals surface area contributed by atoms with Crippen molar-refractivity contribution >= 4 is 11.9 Å². The molecule has 3 N–H and O–H groups in total. The van der Waals surface area contributed by atoms with E-state index in [1.807, 2.05) is 11.2 Å². The summed E-state index contributed by atoms with van der Waals surface area (Å²) < 4.78 is 39.2. The lowest BCUT2D eigenvalue weighted by Crippen LogP contribution is -2.40. The first-order valence-corrected chi connectivity index (χ1v) is 5.13. The van der Waals surface area contributed by atoms with E-state index in [-0.39, 0.29) is 6.07 Å². The quantitative estimate of drug-likeness (QED) is 0.570. The SMILES string of the molecule is C#CCC(NC(=O)c1cc(F)c(F)c(O)c1F)C(=O)O. The average Bonchev–Trinajstić information content (AvgIpc) is 2.39. The maximum atomic E-state index is 13.4. The second-order valence-corrected chi connectivity index (χ2v) is 3.66. The fraction of sp³-hybridized carbons (Fsp3) is 0.167. The number of phenolic OH excluding ortho intramolecular Hbond substituents is 1. The summed E-state index contributed by atoms with van der Waals surface area (Å²) in [5, 5.41) is 19.5. The van der Waals surface area contributed by atoms with E-state index >= 15 is 0 Å². The summed E-state index contributed by atoms with van der Waals surface area (Å²) in [6, 6.07) is -1.32. The molecule has 0 aromatic heterocycles. The zero-order valence-electron chi connectivity index (χ0n) is 9.78. The van der Waals surface area contributed by atoms with Crippen LogP contribution in [0.2, 0.25) is 0 Å².